The average Bonchev–Trinajstić information content (AvgIpc) is 0.641. The van der Waals surface area contributed by atoms with E-state index < -0.39 is 51.7 Å². The first-order valence-corrected chi connectivity index (χ1v) is 45.2. The van der Waals surface area contributed by atoms with Crippen LogP contribution in [0.1, 0.15) is 84.1 Å². The summed E-state index contributed by atoms with van der Waals surface area (Å²) in [6.07, 6.45) is 2.91. The van der Waals surface area contributed by atoms with Crippen LogP contribution in [0.4, 0.5) is 10.1 Å². The van der Waals surface area contributed by atoms with Crippen LogP contribution >= 0.6 is 11.8 Å². The van der Waals surface area contributed by atoms with E-state index in [-0.39, 0.29) is 66.8 Å². The Hall–Kier alpha value is -11.1. The number of piperazine rings is 2. The van der Waals surface area contributed by atoms with E-state index in [1.165, 1.54) is 31.9 Å². The first kappa shape index (κ1) is 85.8. The lowest BCUT2D eigenvalue weighted by atomic mass is 9.98. The summed E-state index contributed by atoms with van der Waals surface area (Å²) in [6, 6.07) is 83.3. The molecule has 0 aromatic heterocycles. The number of hydrogen-bond acceptors (Lipinski definition) is 15. The number of benzene rings is 12. The summed E-state index contributed by atoms with van der Waals surface area (Å²) in [5.41, 5.74) is 8.82. The van der Waals surface area contributed by atoms with Gasteiger partial charge in [-0.25, -0.2) is 47.7 Å². The van der Waals surface area contributed by atoms with Crippen LogP contribution in [-0.4, -0.2) is 138 Å². The van der Waals surface area contributed by atoms with Crippen molar-refractivity contribution in [3.05, 3.63) is 359 Å². The van der Waals surface area contributed by atoms with E-state index in [0.717, 1.165) is 73.8 Å². The molecule has 0 atom stereocenters. The van der Waals surface area contributed by atoms with E-state index >= 15 is 0 Å². The maximum absolute atomic E-state index is 13.1. The largest absolute Gasteiger partial charge is 0.508 e. The predicted octanol–water partition coefficient (Wildman–Crippen LogP) is 17.8. The highest BCUT2D eigenvalue weighted by Crippen LogP contribution is 2.32. The zero-order chi connectivity index (χ0) is 82.6. The van der Waals surface area contributed by atoms with Gasteiger partial charge in [-0.3, -0.25) is 4.90 Å². The number of thioether (sulfide) groups is 1. The lowest BCUT2D eigenvalue weighted by molar-refractivity contribution is 0.0685. The van der Waals surface area contributed by atoms with Crippen LogP contribution in [0.15, 0.2) is 307 Å². The number of para-hydroxylation sites is 1. The zero-order valence-corrected chi connectivity index (χ0v) is 68.2. The predicted molar refractivity (Wildman–Crippen MR) is 462 cm³/mol. The van der Waals surface area contributed by atoms with Gasteiger partial charge in [0.1, 0.15) is 17.3 Å². The van der Waals surface area contributed by atoms with Crippen molar-refractivity contribution in [2.75, 3.05) is 63.0 Å². The Labute approximate surface area is 682 Å². The average molecular weight is 1660 g/mol. The summed E-state index contributed by atoms with van der Waals surface area (Å²) in [5.74, 6) is -3.03. The van der Waals surface area contributed by atoms with Crippen molar-refractivity contribution in [2.24, 2.45) is 0 Å². The van der Waals surface area contributed by atoms with Gasteiger partial charge in [-0.15, -0.1) is 11.8 Å². The number of anilines is 1. The molecule has 12 aromatic rings. The minimum atomic E-state index is -3.71. The molecule has 116 heavy (non-hydrogen) atoms. The molecule has 0 amide bonds. The third-order valence-electron chi connectivity index (χ3n) is 20.0. The maximum atomic E-state index is 13.1. The molecule has 0 spiro atoms. The lowest BCUT2D eigenvalue weighted by Gasteiger charge is -2.35. The molecule has 2 aliphatic rings. The van der Waals surface area contributed by atoms with Crippen molar-refractivity contribution in [3.8, 4) is 11.1 Å². The lowest BCUT2D eigenvalue weighted by Crippen LogP contribution is -2.49. The third-order valence-corrected chi connectivity index (χ3v) is 27.9. The molecule has 14 rings (SSSR count). The van der Waals surface area contributed by atoms with Gasteiger partial charge in [0.2, 0.25) is 20.0 Å². The molecule has 4 N–H and O–H groups in total. The molecule has 12 aromatic carbocycles. The molecule has 24 heteroatoms. The smallest absolute Gasteiger partial charge is 0.336 e. The van der Waals surface area contributed by atoms with E-state index in [2.05, 4.69) is 42.0 Å². The number of aliphatic hydroxyl groups is 2. The number of sulfone groups is 2. The summed E-state index contributed by atoms with van der Waals surface area (Å²) in [6.45, 7) is 13.8. The highest BCUT2D eigenvalue weighted by molar-refractivity contribution is 7.99. The van der Waals surface area contributed by atoms with Gasteiger partial charge in [0.05, 0.1) is 43.9 Å². The molecule has 2 saturated heterocycles. The Morgan fingerprint density at radius 3 is 1.31 bits per heavy atom. The van der Waals surface area contributed by atoms with Gasteiger partial charge in [-0.1, -0.05) is 239 Å². The molecule has 0 saturated carbocycles. The monoisotopic (exact) mass is 1650 g/mol. The Morgan fingerprint density at radius 1 is 0.388 bits per heavy atom. The number of carboxylic acid groups (broad SMARTS) is 2. The summed E-state index contributed by atoms with van der Waals surface area (Å²) < 4.78 is 119. The van der Waals surface area contributed by atoms with Crippen molar-refractivity contribution in [2.45, 2.75) is 70.4 Å². The summed E-state index contributed by atoms with van der Waals surface area (Å²) >= 11 is 1.55. The van der Waals surface area contributed by atoms with Gasteiger partial charge in [0.25, 0.3) is 0 Å². The van der Waals surface area contributed by atoms with Crippen LogP contribution in [-0.2, 0) is 82.1 Å². The summed E-state index contributed by atoms with van der Waals surface area (Å²) in [4.78, 5) is 29.4. The van der Waals surface area contributed by atoms with Crippen molar-refractivity contribution < 1.29 is 68.1 Å². The van der Waals surface area contributed by atoms with Gasteiger partial charge >= 0.3 is 11.9 Å². The number of aromatic carboxylic acids is 2. The summed E-state index contributed by atoms with van der Waals surface area (Å²) in [7, 11) is -14.3. The van der Waals surface area contributed by atoms with E-state index in [1.807, 2.05) is 121 Å². The fraction of sp³-hybridized carbons (Fsp3) is 0.196. The van der Waals surface area contributed by atoms with Crippen molar-refractivity contribution >= 4 is 102 Å². The molecule has 2 heterocycles. The van der Waals surface area contributed by atoms with E-state index in [9.17, 15) is 68.1 Å². The molecule has 2 fully saturated rings. The minimum Gasteiger partial charge on any atom is -0.508 e. The van der Waals surface area contributed by atoms with E-state index in [0.29, 0.717) is 86.7 Å². The molecule has 18 nitrogen and oxygen atoms in total. The normalized spacial score (nSPS) is 13.6. The van der Waals surface area contributed by atoms with Gasteiger partial charge < -0.3 is 25.3 Å². The van der Waals surface area contributed by atoms with Crippen LogP contribution in [0, 0.1) is 5.82 Å². The maximum Gasteiger partial charge on any atom is 0.336 e. The first-order valence-electron chi connectivity index (χ1n) is 37.7. The van der Waals surface area contributed by atoms with Crippen molar-refractivity contribution in [3.63, 3.8) is 0 Å². The fourth-order valence-corrected chi connectivity index (χ4v) is 20.6. The Kier molecular flexibility index (Phi) is 29.2. The van der Waals surface area contributed by atoms with Gasteiger partial charge in [-0.05, 0) is 151 Å². The fourth-order valence-electron chi connectivity index (χ4n) is 13.7. The Morgan fingerprint density at radius 2 is 0.802 bits per heavy atom. The number of carbonyl (C=O) groups is 2. The number of nitrogens with zero attached hydrogens (tertiary/aromatic N) is 4. The van der Waals surface area contributed by atoms with Gasteiger partial charge in [0, 0.05) is 86.4 Å². The Bertz CT molecular complexity index is 5950. The number of halogens is 1. The zero-order valence-electron chi connectivity index (χ0n) is 64.1. The standard InChI is InChI=1S/C27H29FN2O4S2.C27H24O4S.C19H22N2O3S.C19H16O3S/c28-24-9-6-22(7-10-24)19-29-13-15-30(16-14-29)36(33,34)20-23-8-11-25(18-26(23)27(31)32)35-17-12-21-4-2-1-3-5-21;1-2-5-19-8-10-21(11-9-19)23-12-13-24(26(17-23)27(28)29)18-32(30,31)25-15-14-20-6-3-4-7-22(20)16-25;1-16(22)19-10-6-5-7-17(19)15-25(23,24)21-13-11-20(12-14-21)18-8-3-2-4-9-18;1-14(20)19-9-5-4-8-17(19)13-23(21,22)18-11-10-15-6-2-3-7-16(15)12-18/h1-11,18H,12-17,19-20H2,(H,31,32);3-4,6-17H,2,5,18H2,1H3,(H,28,29);2-10,22H,1,11-15H2;2-12,20H,1,13H2. The number of rotatable bonds is 26. The van der Waals surface area contributed by atoms with Gasteiger partial charge in [0.15, 0.2) is 19.7 Å². The van der Waals surface area contributed by atoms with Crippen LogP contribution in [0.3, 0.4) is 0 Å². The molecule has 0 aliphatic carbocycles. The Balaban J connectivity index is 0.000000154. The third kappa shape index (κ3) is 23.4. The molecule has 600 valence electrons. The van der Waals surface area contributed by atoms with Crippen LogP contribution in [0.2, 0.25) is 0 Å². The summed E-state index contributed by atoms with van der Waals surface area (Å²) in [5, 5.41) is 42.5. The molecule has 0 radical (unpaired) electrons. The van der Waals surface area contributed by atoms with Crippen LogP contribution < -0.4 is 4.90 Å². The van der Waals surface area contributed by atoms with Gasteiger partial charge in [-0.2, -0.15) is 8.61 Å². The molecular weight excluding hydrogens is 1560 g/mol. The second kappa shape index (κ2) is 39.5. The van der Waals surface area contributed by atoms with E-state index in [1.54, 1.807) is 145 Å². The molecule has 0 bridgehead atoms. The van der Waals surface area contributed by atoms with Crippen molar-refractivity contribution in [1.29, 1.82) is 0 Å². The van der Waals surface area contributed by atoms with Crippen LogP contribution in [0.25, 0.3) is 44.2 Å². The number of aliphatic hydroxyl groups excluding tert-OH is 2. The number of fused-ring (bicyclic) bond motifs is 2. The number of hydrogen-bond donors (Lipinski definition) is 4. The van der Waals surface area contributed by atoms with Crippen molar-refractivity contribution in [1.82, 2.24) is 13.5 Å². The quantitative estimate of drug-likeness (QED) is 0.0290. The molecular formula is C92H91FN4O14S5. The van der Waals surface area contributed by atoms with E-state index in [4.69, 9.17) is 0 Å². The second-order valence-corrected chi connectivity index (χ2v) is 37.2. The topological polar surface area (TPSA) is 265 Å². The highest BCUT2D eigenvalue weighted by Gasteiger charge is 2.31. The highest BCUT2D eigenvalue weighted by atomic mass is 32.2. The SMILES string of the molecule is C=C(O)c1ccccc1CS(=O)(=O)N1CCN(c2ccccc2)CC1.C=C(O)c1ccccc1CS(=O)(=O)c1ccc2ccccc2c1.CCCc1ccc(-c2ccc(CS(=O)(=O)c3ccc4ccccc4c3)c(C(=O)O)c2)cc1.O=C(O)c1cc(SCCc2ccccc2)ccc1CS(=O)(=O)N1CCN(Cc2ccc(F)cc2)CC1. The van der Waals surface area contributed by atoms with Crippen LogP contribution in [0.5, 0.6) is 0 Å². The molecule has 0 unspecified atom stereocenters. The first-order chi connectivity index (χ1) is 55.6. The number of sulfonamides is 2. The number of carboxylic acids is 2. The second-order valence-electron chi connectivity index (χ2n) is 28.1. The number of aryl methyl sites for hydroxylation is 2. The molecule has 2 aliphatic heterocycles. The minimum absolute atomic E-state index is 0.00417.